The number of hydrogen-bond donors (Lipinski definition) is 1. The monoisotopic (exact) mass is 532 g/mol. The maximum absolute atomic E-state index is 13.5. The van der Waals surface area contributed by atoms with E-state index in [9.17, 15) is 17.6 Å². The summed E-state index contributed by atoms with van der Waals surface area (Å²) in [5.41, 5.74) is 0.781. The molecule has 0 aromatic heterocycles. The standard InChI is InChI=1S/C26H29FN2O7S/c1-5-36-21-10-12-22(13-11-21)37(31,32)29(20-8-6-19(27)7-9-20)17-25(30)28-16-18-14-23(33-2)26(35-4)24(15-18)34-3/h6-15H,5,16-17H2,1-4H3,(H,28,30). The number of hydrogen-bond acceptors (Lipinski definition) is 7. The van der Waals surface area contributed by atoms with E-state index in [1.54, 1.807) is 12.1 Å². The number of carbonyl (C=O) groups is 1. The number of nitrogens with one attached hydrogen (secondary N) is 1. The SMILES string of the molecule is CCOc1ccc(S(=O)(=O)N(CC(=O)NCc2cc(OC)c(OC)c(OC)c2)c2ccc(F)cc2)cc1. The number of rotatable bonds is 12. The highest BCUT2D eigenvalue weighted by Crippen LogP contribution is 2.38. The van der Waals surface area contributed by atoms with Gasteiger partial charge in [0.05, 0.1) is 38.5 Å². The Hall–Kier alpha value is -3.99. The van der Waals surface area contributed by atoms with Crippen LogP contribution in [0.1, 0.15) is 12.5 Å². The zero-order chi connectivity index (χ0) is 27.0. The minimum atomic E-state index is -4.17. The van der Waals surface area contributed by atoms with Crippen LogP contribution in [-0.2, 0) is 21.4 Å². The molecule has 198 valence electrons. The van der Waals surface area contributed by atoms with E-state index in [0.717, 1.165) is 16.4 Å². The predicted octanol–water partition coefficient (Wildman–Crippen LogP) is 3.76. The highest BCUT2D eigenvalue weighted by molar-refractivity contribution is 7.92. The molecule has 0 aliphatic rings. The molecule has 0 atom stereocenters. The van der Waals surface area contributed by atoms with Crippen molar-refractivity contribution in [2.24, 2.45) is 0 Å². The van der Waals surface area contributed by atoms with Crippen LogP contribution < -0.4 is 28.6 Å². The number of nitrogens with zero attached hydrogens (tertiary/aromatic N) is 1. The van der Waals surface area contributed by atoms with E-state index < -0.39 is 28.3 Å². The Morgan fingerprint density at radius 3 is 2.03 bits per heavy atom. The van der Waals surface area contributed by atoms with Crippen molar-refractivity contribution in [3.63, 3.8) is 0 Å². The van der Waals surface area contributed by atoms with Gasteiger partial charge in [-0.2, -0.15) is 0 Å². The molecule has 0 fully saturated rings. The molecule has 0 saturated carbocycles. The summed E-state index contributed by atoms with van der Waals surface area (Å²) in [6.45, 7) is 1.78. The highest BCUT2D eigenvalue weighted by Gasteiger charge is 2.27. The van der Waals surface area contributed by atoms with Crippen LogP contribution in [0.15, 0.2) is 65.6 Å². The van der Waals surface area contributed by atoms with Crippen molar-refractivity contribution in [2.75, 3.05) is 38.8 Å². The van der Waals surface area contributed by atoms with Crippen LogP contribution in [-0.4, -0.2) is 48.8 Å². The van der Waals surface area contributed by atoms with E-state index in [2.05, 4.69) is 5.32 Å². The third-order valence-electron chi connectivity index (χ3n) is 5.34. The van der Waals surface area contributed by atoms with Gasteiger partial charge in [-0.15, -0.1) is 0 Å². The summed E-state index contributed by atoms with van der Waals surface area (Å²) in [6, 6.07) is 14.1. The lowest BCUT2D eigenvalue weighted by atomic mass is 10.1. The minimum absolute atomic E-state index is 0.0438. The summed E-state index contributed by atoms with van der Waals surface area (Å²) in [5.74, 6) is 0.637. The molecule has 3 rings (SSSR count). The molecule has 37 heavy (non-hydrogen) atoms. The number of ether oxygens (including phenoxy) is 4. The van der Waals surface area contributed by atoms with Gasteiger partial charge in [-0.1, -0.05) is 0 Å². The quantitative estimate of drug-likeness (QED) is 0.379. The van der Waals surface area contributed by atoms with E-state index in [1.165, 1.54) is 57.7 Å². The van der Waals surface area contributed by atoms with Gasteiger partial charge in [-0.25, -0.2) is 12.8 Å². The second kappa shape index (κ2) is 12.3. The molecule has 0 unspecified atom stereocenters. The van der Waals surface area contributed by atoms with Gasteiger partial charge in [0, 0.05) is 6.54 Å². The van der Waals surface area contributed by atoms with Crippen molar-refractivity contribution in [1.29, 1.82) is 0 Å². The number of sulfonamides is 1. The predicted molar refractivity (Wildman–Crippen MR) is 136 cm³/mol. The van der Waals surface area contributed by atoms with Crippen molar-refractivity contribution in [1.82, 2.24) is 5.32 Å². The number of methoxy groups -OCH3 is 3. The normalized spacial score (nSPS) is 10.9. The van der Waals surface area contributed by atoms with Crippen molar-refractivity contribution in [3.05, 3.63) is 72.0 Å². The molecule has 1 amide bonds. The Balaban J connectivity index is 1.85. The molecule has 0 aliphatic heterocycles. The summed E-state index contributed by atoms with van der Waals surface area (Å²) in [7, 11) is 0.270. The van der Waals surface area contributed by atoms with Crippen molar-refractivity contribution >= 4 is 21.6 Å². The van der Waals surface area contributed by atoms with Crippen LogP contribution >= 0.6 is 0 Å². The Labute approximate surface area is 215 Å². The lowest BCUT2D eigenvalue weighted by molar-refractivity contribution is -0.119. The van der Waals surface area contributed by atoms with E-state index >= 15 is 0 Å². The van der Waals surface area contributed by atoms with Crippen LogP contribution in [0.4, 0.5) is 10.1 Å². The molecular weight excluding hydrogens is 503 g/mol. The van der Waals surface area contributed by atoms with Crippen molar-refractivity contribution in [2.45, 2.75) is 18.4 Å². The first kappa shape index (κ1) is 27.6. The molecule has 0 bridgehead atoms. The third kappa shape index (κ3) is 6.62. The van der Waals surface area contributed by atoms with Gasteiger partial charge in [0.15, 0.2) is 11.5 Å². The summed E-state index contributed by atoms with van der Waals surface area (Å²) in [4.78, 5) is 12.9. The van der Waals surface area contributed by atoms with Gasteiger partial charge in [0.2, 0.25) is 11.7 Å². The van der Waals surface area contributed by atoms with Crippen molar-refractivity contribution < 1.29 is 36.6 Å². The van der Waals surface area contributed by atoms with Crippen LogP contribution in [0.5, 0.6) is 23.0 Å². The van der Waals surface area contributed by atoms with E-state index in [-0.39, 0.29) is 17.1 Å². The molecule has 9 nitrogen and oxygen atoms in total. The minimum Gasteiger partial charge on any atom is -0.494 e. The average molecular weight is 533 g/mol. The van der Waals surface area contributed by atoms with Gasteiger partial charge in [0.1, 0.15) is 18.1 Å². The van der Waals surface area contributed by atoms with Gasteiger partial charge in [-0.3, -0.25) is 9.10 Å². The maximum atomic E-state index is 13.5. The molecule has 1 N–H and O–H groups in total. The van der Waals surface area contributed by atoms with Gasteiger partial charge in [0.25, 0.3) is 10.0 Å². The van der Waals surface area contributed by atoms with E-state index in [0.29, 0.717) is 35.2 Å². The molecule has 3 aromatic carbocycles. The second-order valence-corrected chi connectivity index (χ2v) is 9.57. The summed E-state index contributed by atoms with van der Waals surface area (Å²) < 4.78 is 62.8. The first-order valence-electron chi connectivity index (χ1n) is 11.3. The number of carbonyl (C=O) groups excluding carboxylic acids is 1. The number of amides is 1. The Bertz CT molecular complexity index is 1290. The number of anilines is 1. The second-order valence-electron chi connectivity index (χ2n) is 7.70. The number of halogens is 1. The summed E-state index contributed by atoms with van der Waals surface area (Å²) in [5, 5.41) is 2.71. The first-order valence-corrected chi connectivity index (χ1v) is 12.7. The average Bonchev–Trinajstić information content (AvgIpc) is 2.90. The summed E-state index contributed by atoms with van der Waals surface area (Å²) >= 11 is 0. The van der Waals surface area contributed by atoms with Gasteiger partial charge >= 0.3 is 0 Å². The summed E-state index contributed by atoms with van der Waals surface area (Å²) in [6.07, 6.45) is 0. The Morgan fingerprint density at radius 1 is 0.919 bits per heavy atom. The fourth-order valence-electron chi connectivity index (χ4n) is 3.55. The molecule has 0 saturated heterocycles. The molecule has 11 heteroatoms. The zero-order valence-corrected chi connectivity index (χ0v) is 21.8. The molecule has 0 radical (unpaired) electrons. The Morgan fingerprint density at radius 2 is 1.51 bits per heavy atom. The smallest absolute Gasteiger partial charge is 0.264 e. The zero-order valence-electron chi connectivity index (χ0n) is 21.0. The van der Waals surface area contributed by atoms with Crippen LogP contribution in [0.3, 0.4) is 0 Å². The topological polar surface area (TPSA) is 103 Å². The van der Waals surface area contributed by atoms with Crippen LogP contribution in [0, 0.1) is 5.82 Å². The van der Waals surface area contributed by atoms with E-state index in [4.69, 9.17) is 18.9 Å². The highest BCUT2D eigenvalue weighted by atomic mass is 32.2. The van der Waals surface area contributed by atoms with Crippen molar-refractivity contribution in [3.8, 4) is 23.0 Å². The van der Waals surface area contributed by atoms with Crippen LogP contribution in [0.25, 0.3) is 0 Å². The van der Waals surface area contributed by atoms with Gasteiger partial charge < -0.3 is 24.3 Å². The van der Waals surface area contributed by atoms with E-state index in [1.807, 2.05) is 6.92 Å². The molecule has 0 heterocycles. The molecule has 0 aliphatic carbocycles. The fraction of sp³-hybridized carbons (Fsp3) is 0.269. The fourth-order valence-corrected chi connectivity index (χ4v) is 4.97. The van der Waals surface area contributed by atoms with Gasteiger partial charge in [-0.05, 0) is 73.2 Å². The lowest BCUT2D eigenvalue weighted by Crippen LogP contribution is -2.40. The third-order valence-corrected chi connectivity index (χ3v) is 7.13. The number of benzene rings is 3. The lowest BCUT2D eigenvalue weighted by Gasteiger charge is -2.24. The molecule has 0 spiro atoms. The van der Waals surface area contributed by atoms with Crippen LogP contribution in [0.2, 0.25) is 0 Å². The Kier molecular flexibility index (Phi) is 9.18. The maximum Gasteiger partial charge on any atom is 0.264 e. The largest absolute Gasteiger partial charge is 0.494 e. The molecule has 3 aromatic rings. The first-order chi connectivity index (χ1) is 17.7. The molecular formula is C26H29FN2O7S.